The normalized spacial score (nSPS) is 16.5. The van der Waals surface area contributed by atoms with Crippen LogP contribution in [0.5, 0.6) is 0 Å². The fourth-order valence-corrected chi connectivity index (χ4v) is 2.47. The summed E-state index contributed by atoms with van der Waals surface area (Å²) in [4.78, 5) is 11.1. The Balaban J connectivity index is 2.01. The highest BCUT2D eigenvalue weighted by atomic mass is 16.1. The minimum atomic E-state index is -0.157. The lowest BCUT2D eigenvalue weighted by Gasteiger charge is -2.22. The molecule has 2 nitrogen and oxygen atoms in total. The number of nitrogens with one attached hydrogen (secondary N) is 1. The summed E-state index contributed by atoms with van der Waals surface area (Å²) in [5.41, 5.74) is 2.25. The molecule has 0 unspecified atom stereocenters. The van der Waals surface area contributed by atoms with Gasteiger partial charge in [-0.3, -0.25) is 4.79 Å². The van der Waals surface area contributed by atoms with E-state index in [-0.39, 0.29) is 5.91 Å². The van der Waals surface area contributed by atoms with E-state index in [1.807, 2.05) is 12.1 Å². The second-order valence-electron chi connectivity index (χ2n) is 4.65. The largest absolute Gasteiger partial charge is 0.323 e. The lowest BCUT2D eigenvalue weighted by Crippen LogP contribution is -2.08. The highest BCUT2D eigenvalue weighted by Gasteiger charge is 2.14. The Morgan fingerprint density at radius 2 is 1.82 bits per heavy atom. The number of carbonyl (C=O) groups is 1. The van der Waals surface area contributed by atoms with Crippen LogP contribution >= 0.6 is 0 Å². The van der Waals surface area contributed by atoms with Gasteiger partial charge in [-0.15, -0.1) is 0 Å². The number of anilines is 1. The molecule has 0 aliphatic heterocycles. The zero-order chi connectivity index (χ0) is 12.1. The van der Waals surface area contributed by atoms with Crippen molar-refractivity contribution in [2.24, 2.45) is 0 Å². The molecule has 1 aromatic carbocycles. The molecule has 0 radical (unpaired) electrons. The predicted octanol–water partition coefficient (Wildman–Crippen LogP) is 3.86. The first-order valence-corrected chi connectivity index (χ1v) is 6.33. The minimum absolute atomic E-state index is 0.157. The molecule has 1 amide bonds. The molecule has 0 atom stereocenters. The maximum Gasteiger partial charge on any atom is 0.247 e. The maximum atomic E-state index is 11.1. The van der Waals surface area contributed by atoms with E-state index in [0.29, 0.717) is 5.92 Å². The van der Waals surface area contributed by atoms with Gasteiger partial charge in [0.15, 0.2) is 0 Å². The van der Waals surface area contributed by atoms with Gasteiger partial charge in [-0.2, -0.15) is 0 Å². The highest BCUT2D eigenvalue weighted by molar-refractivity contribution is 5.98. The molecule has 2 rings (SSSR count). The number of hydrogen-bond acceptors (Lipinski definition) is 1. The molecule has 1 N–H and O–H groups in total. The van der Waals surface area contributed by atoms with Gasteiger partial charge in [-0.1, -0.05) is 38.0 Å². The topological polar surface area (TPSA) is 29.1 Å². The minimum Gasteiger partial charge on any atom is -0.323 e. The molecular weight excluding hydrogens is 210 g/mol. The third-order valence-corrected chi connectivity index (χ3v) is 3.44. The Labute approximate surface area is 103 Å². The second-order valence-corrected chi connectivity index (χ2v) is 4.65. The smallest absolute Gasteiger partial charge is 0.247 e. The van der Waals surface area contributed by atoms with Crippen LogP contribution in [0.15, 0.2) is 36.9 Å². The standard InChI is InChI=1S/C15H19NO/c1-2-15(17)16-14-10-8-13(9-11-14)12-6-4-3-5-7-12/h2,8-12H,1,3-7H2,(H,16,17). The van der Waals surface area contributed by atoms with Gasteiger partial charge in [-0.05, 0) is 42.5 Å². The van der Waals surface area contributed by atoms with Crippen molar-refractivity contribution in [1.82, 2.24) is 0 Å². The summed E-state index contributed by atoms with van der Waals surface area (Å²) in [6.45, 7) is 3.44. The molecular formula is C15H19NO. The molecule has 0 spiro atoms. The maximum absolute atomic E-state index is 11.1. The molecule has 1 aromatic rings. The van der Waals surface area contributed by atoms with Crippen molar-refractivity contribution < 1.29 is 4.79 Å². The molecule has 2 heteroatoms. The van der Waals surface area contributed by atoms with Crippen LogP contribution in [0.3, 0.4) is 0 Å². The number of rotatable bonds is 3. The molecule has 0 aromatic heterocycles. The molecule has 17 heavy (non-hydrogen) atoms. The van der Waals surface area contributed by atoms with Crippen LogP contribution in [0.1, 0.15) is 43.6 Å². The van der Waals surface area contributed by atoms with Gasteiger partial charge in [0.05, 0.1) is 0 Å². The van der Waals surface area contributed by atoms with E-state index in [2.05, 4.69) is 24.0 Å². The van der Waals surface area contributed by atoms with Gasteiger partial charge in [0.2, 0.25) is 5.91 Å². The Kier molecular flexibility index (Phi) is 3.97. The SMILES string of the molecule is C=CC(=O)Nc1ccc(C2CCCCC2)cc1. The van der Waals surface area contributed by atoms with Crippen molar-refractivity contribution in [2.45, 2.75) is 38.0 Å². The fraction of sp³-hybridized carbons (Fsp3) is 0.400. The van der Waals surface area contributed by atoms with E-state index in [9.17, 15) is 4.79 Å². The summed E-state index contributed by atoms with van der Waals surface area (Å²) in [5, 5.41) is 2.76. The Morgan fingerprint density at radius 1 is 1.18 bits per heavy atom. The first-order chi connectivity index (χ1) is 8.29. The average Bonchev–Trinajstić information content (AvgIpc) is 2.40. The summed E-state index contributed by atoms with van der Waals surface area (Å²) in [7, 11) is 0. The quantitative estimate of drug-likeness (QED) is 0.783. The number of hydrogen-bond donors (Lipinski definition) is 1. The number of benzene rings is 1. The van der Waals surface area contributed by atoms with E-state index in [1.165, 1.54) is 43.7 Å². The van der Waals surface area contributed by atoms with Gasteiger partial charge in [0.25, 0.3) is 0 Å². The van der Waals surface area contributed by atoms with Crippen molar-refractivity contribution >= 4 is 11.6 Å². The molecule has 0 bridgehead atoms. The van der Waals surface area contributed by atoms with Crippen LogP contribution in [0, 0.1) is 0 Å². The van der Waals surface area contributed by atoms with E-state index >= 15 is 0 Å². The number of carbonyl (C=O) groups excluding carboxylic acids is 1. The van der Waals surface area contributed by atoms with Crippen LogP contribution < -0.4 is 5.32 Å². The van der Waals surface area contributed by atoms with E-state index in [4.69, 9.17) is 0 Å². The fourth-order valence-electron chi connectivity index (χ4n) is 2.47. The van der Waals surface area contributed by atoms with Gasteiger partial charge < -0.3 is 5.32 Å². The second kappa shape index (κ2) is 5.67. The van der Waals surface area contributed by atoms with Crippen LogP contribution in [0.2, 0.25) is 0 Å². The van der Waals surface area contributed by atoms with Gasteiger partial charge in [0.1, 0.15) is 0 Å². The van der Waals surface area contributed by atoms with Crippen molar-refractivity contribution in [2.75, 3.05) is 5.32 Å². The molecule has 0 saturated heterocycles. The third-order valence-electron chi connectivity index (χ3n) is 3.44. The first kappa shape index (κ1) is 11.9. The van der Waals surface area contributed by atoms with Crippen LogP contribution in [0.4, 0.5) is 5.69 Å². The summed E-state index contributed by atoms with van der Waals surface area (Å²) < 4.78 is 0. The van der Waals surface area contributed by atoms with Gasteiger partial charge >= 0.3 is 0 Å². The van der Waals surface area contributed by atoms with E-state index in [1.54, 1.807) is 0 Å². The molecule has 1 saturated carbocycles. The Morgan fingerprint density at radius 3 is 2.41 bits per heavy atom. The summed E-state index contributed by atoms with van der Waals surface area (Å²) >= 11 is 0. The summed E-state index contributed by atoms with van der Waals surface area (Å²) in [6, 6.07) is 8.22. The zero-order valence-corrected chi connectivity index (χ0v) is 10.1. The van der Waals surface area contributed by atoms with Crippen LogP contribution in [-0.2, 0) is 4.79 Å². The summed E-state index contributed by atoms with van der Waals surface area (Å²) in [6.07, 6.45) is 7.97. The van der Waals surface area contributed by atoms with Crippen LogP contribution in [0.25, 0.3) is 0 Å². The van der Waals surface area contributed by atoms with E-state index < -0.39 is 0 Å². The summed E-state index contributed by atoms with van der Waals surface area (Å²) in [5.74, 6) is 0.559. The molecule has 1 aliphatic rings. The van der Waals surface area contributed by atoms with Crippen molar-refractivity contribution in [3.05, 3.63) is 42.5 Å². The molecule has 1 fully saturated rings. The van der Waals surface area contributed by atoms with Crippen molar-refractivity contribution in [3.8, 4) is 0 Å². The van der Waals surface area contributed by atoms with Crippen LogP contribution in [-0.4, -0.2) is 5.91 Å². The van der Waals surface area contributed by atoms with Crippen molar-refractivity contribution in [1.29, 1.82) is 0 Å². The monoisotopic (exact) mass is 229 g/mol. The Bertz CT molecular complexity index is 388. The van der Waals surface area contributed by atoms with Crippen molar-refractivity contribution in [3.63, 3.8) is 0 Å². The average molecular weight is 229 g/mol. The van der Waals surface area contributed by atoms with Gasteiger partial charge in [-0.25, -0.2) is 0 Å². The highest BCUT2D eigenvalue weighted by Crippen LogP contribution is 2.32. The lowest BCUT2D eigenvalue weighted by atomic mass is 9.84. The number of amides is 1. The lowest BCUT2D eigenvalue weighted by molar-refractivity contribution is -0.111. The van der Waals surface area contributed by atoms with Gasteiger partial charge in [0, 0.05) is 5.69 Å². The molecule has 1 aliphatic carbocycles. The molecule has 90 valence electrons. The molecule has 0 heterocycles. The zero-order valence-electron chi connectivity index (χ0n) is 10.1. The predicted molar refractivity (Wildman–Crippen MR) is 71.1 cm³/mol. The Hall–Kier alpha value is -1.57. The van der Waals surface area contributed by atoms with E-state index in [0.717, 1.165) is 5.69 Å². The third kappa shape index (κ3) is 3.19. The first-order valence-electron chi connectivity index (χ1n) is 6.33.